The van der Waals surface area contributed by atoms with Crippen molar-refractivity contribution in [1.82, 2.24) is 5.32 Å². The van der Waals surface area contributed by atoms with Gasteiger partial charge in [-0.2, -0.15) is 0 Å². The van der Waals surface area contributed by atoms with Crippen LogP contribution in [-0.2, 0) is 0 Å². The van der Waals surface area contributed by atoms with Gasteiger partial charge in [0.05, 0.1) is 0 Å². The molecule has 0 radical (unpaired) electrons. The summed E-state index contributed by atoms with van der Waals surface area (Å²) in [6.45, 7) is 4.44. The second-order valence-corrected chi connectivity index (χ2v) is 3.91. The summed E-state index contributed by atoms with van der Waals surface area (Å²) in [6, 6.07) is 0.704. The first kappa shape index (κ1) is 10.4. The summed E-state index contributed by atoms with van der Waals surface area (Å²) < 4.78 is 0. The van der Waals surface area contributed by atoms with E-state index in [9.17, 15) is 0 Å². The summed E-state index contributed by atoms with van der Waals surface area (Å²) in [5, 5.41) is 3.54. The fourth-order valence-corrected chi connectivity index (χ4v) is 1.82. The van der Waals surface area contributed by atoms with E-state index >= 15 is 0 Å². The van der Waals surface area contributed by atoms with Gasteiger partial charge in [-0.3, -0.25) is 0 Å². The standard InChI is InChI=1S/C11H22N2/c1-3-9(4-2)11(8-12)13-10-6-5-7-10/h8-10,13H,3-7,12H2,1-2H3/b11-8-. The minimum absolute atomic E-state index is 0.630. The van der Waals surface area contributed by atoms with E-state index in [0.717, 1.165) is 0 Å². The zero-order valence-electron chi connectivity index (χ0n) is 8.84. The summed E-state index contributed by atoms with van der Waals surface area (Å²) in [6.07, 6.45) is 8.13. The summed E-state index contributed by atoms with van der Waals surface area (Å²) in [5.74, 6) is 0.630. The van der Waals surface area contributed by atoms with E-state index in [4.69, 9.17) is 5.73 Å². The van der Waals surface area contributed by atoms with E-state index < -0.39 is 0 Å². The third-order valence-corrected chi connectivity index (χ3v) is 3.08. The molecule has 76 valence electrons. The Hall–Kier alpha value is -0.660. The number of hydrogen-bond acceptors (Lipinski definition) is 2. The molecule has 0 aromatic heterocycles. The molecule has 0 heterocycles. The van der Waals surface area contributed by atoms with Crippen LogP contribution in [0.2, 0.25) is 0 Å². The average Bonchev–Trinajstić information content (AvgIpc) is 2.09. The van der Waals surface area contributed by atoms with Crippen LogP contribution in [0.5, 0.6) is 0 Å². The van der Waals surface area contributed by atoms with E-state index in [1.807, 2.05) is 0 Å². The number of hydrogen-bond donors (Lipinski definition) is 2. The molecular formula is C11H22N2. The summed E-state index contributed by atoms with van der Waals surface area (Å²) >= 11 is 0. The maximum atomic E-state index is 5.63. The number of allylic oxidation sites excluding steroid dienone is 1. The predicted octanol–water partition coefficient (Wildman–Crippen LogP) is 2.36. The average molecular weight is 182 g/mol. The molecule has 0 bridgehead atoms. The van der Waals surface area contributed by atoms with Gasteiger partial charge in [-0.1, -0.05) is 13.8 Å². The molecule has 0 saturated heterocycles. The third-order valence-electron chi connectivity index (χ3n) is 3.08. The van der Waals surface area contributed by atoms with Crippen LogP contribution in [-0.4, -0.2) is 6.04 Å². The van der Waals surface area contributed by atoms with Gasteiger partial charge < -0.3 is 11.1 Å². The van der Waals surface area contributed by atoms with Gasteiger partial charge in [0.15, 0.2) is 0 Å². The summed E-state index contributed by atoms with van der Waals surface area (Å²) in [7, 11) is 0. The first-order valence-corrected chi connectivity index (χ1v) is 5.50. The minimum atomic E-state index is 0.630. The lowest BCUT2D eigenvalue weighted by Gasteiger charge is -2.31. The molecule has 0 aromatic rings. The van der Waals surface area contributed by atoms with Crippen molar-refractivity contribution in [2.45, 2.75) is 52.0 Å². The minimum Gasteiger partial charge on any atom is -0.403 e. The van der Waals surface area contributed by atoms with Gasteiger partial charge in [0.25, 0.3) is 0 Å². The van der Waals surface area contributed by atoms with Crippen molar-refractivity contribution < 1.29 is 0 Å². The highest BCUT2D eigenvalue weighted by atomic mass is 15.0. The zero-order chi connectivity index (χ0) is 9.68. The highest BCUT2D eigenvalue weighted by Crippen LogP contribution is 2.23. The van der Waals surface area contributed by atoms with Crippen LogP contribution in [0.4, 0.5) is 0 Å². The molecule has 0 spiro atoms. The Bertz CT molecular complexity index is 167. The Morgan fingerprint density at radius 1 is 1.46 bits per heavy atom. The molecule has 1 saturated carbocycles. The largest absolute Gasteiger partial charge is 0.403 e. The smallest absolute Gasteiger partial charge is 0.0297 e. The Morgan fingerprint density at radius 3 is 2.38 bits per heavy atom. The predicted molar refractivity (Wildman–Crippen MR) is 57.1 cm³/mol. The monoisotopic (exact) mass is 182 g/mol. The van der Waals surface area contributed by atoms with Crippen molar-refractivity contribution in [1.29, 1.82) is 0 Å². The number of nitrogens with two attached hydrogens (primary N) is 1. The van der Waals surface area contributed by atoms with E-state index in [-0.39, 0.29) is 0 Å². The zero-order valence-corrected chi connectivity index (χ0v) is 8.84. The Morgan fingerprint density at radius 2 is 2.08 bits per heavy atom. The van der Waals surface area contributed by atoms with E-state index in [2.05, 4.69) is 19.2 Å². The topological polar surface area (TPSA) is 38.0 Å². The first-order valence-electron chi connectivity index (χ1n) is 5.50. The van der Waals surface area contributed by atoms with Crippen LogP contribution in [0.25, 0.3) is 0 Å². The Kier molecular flexibility index (Phi) is 4.13. The fourth-order valence-electron chi connectivity index (χ4n) is 1.82. The van der Waals surface area contributed by atoms with Gasteiger partial charge in [-0.05, 0) is 38.0 Å². The van der Waals surface area contributed by atoms with Gasteiger partial charge in [-0.15, -0.1) is 0 Å². The molecule has 0 aliphatic heterocycles. The molecule has 1 rings (SSSR count). The molecule has 3 N–H and O–H groups in total. The molecular weight excluding hydrogens is 160 g/mol. The highest BCUT2D eigenvalue weighted by molar-refractivity contribution is 5.04. The van der Waals surface area contributed by atoms with Crippen molar-refractivity contribution in [2.75, 3.05) is 0 Å². The molecule has 0 atom stereocenters. The normalized spacial score (nSPS) is 18.8. The second kappa shape index (κ2) is 5.15. The van der Waals surface area contributed by atoms with Crippen molar-refractivity contribution in [3.63, 3.8) is 0 Å². The SMILES string of the molecule is CCC(CC)/C(=C/N)NC1CCC1. The van der Waals surface area contributed by atoms with Crippen LogP contribution in [0, 0.1) is 5.92 Å². The van der Waals surface area contributed by atoms with Crippen LogP contribution in [0.1, 0.15) is 46.0 Å². The Balaban J connectivity index is 2.40. The van der Waals surface area contributed by atoms with Gasteiger partial charge in [0, 0.05) is 17.9 Å². The highest BCUT2D eigenvalue weighted by Gasteiger charge is 2.20. The van der Waals surface area contributed by atoms with E-state index in [1.54, 1.807) is 6.20 Å². The number of nitrogens with one attached hydrogen (secondary N) is 1. The van der Waals surface area contributed by atoms with Crippen molar-refractivity contribution in [3.8, 4) is 0 Å². The molecule has 1 aliphatic carbocycles. The maximum Gasteiger partial charge on any atom is 0.0297 e. The summed E-state index contributed by atoms with van der Waals surface area (Å²) in [4.78, 5) is 0. The Labute approximate surface area is 81.6 Å². The van der Waals surface area contributed by atoms with E-state index in [0.29, 0.717) is 12.0 Å². The lowest BCUT2D eigenvalue weighted by atomic mass is 9.91. The van der Waals surface area contributed by atoms with Gasteiger partial charge in [0.2, 0.25) is 0 Å². The molecule has 0 aromatic carbocycles. The molecule has 0 amide bonds. The van der Waals surface area contributed by atoms with E-state index in [1.165, 1.54) is 37.8 Å². The number of rotatable bonds is 5. The van der Waals surface area contributed by atoms with Crippen LogP contribution in [0.15, 0.2) is 11.9 Å². The molecule has 0 unspecified atom stereocenters. The van der Waals surface area contributed by atoms with Crippen molar-refractivity contribution >= 4 is 0 Å². The van der Waals surface area contributed by atoms with Gasteiger partial charge in [0.1, 0.15) is 0 Å². The molecule has 1 fully saturated rings. The van der Waals surface area contributed by atoms with Crippen LogP contribution < -0.4 is 11.1 Å². The van der Waals surface area contributed by atoms with Crippen LogP contribution >= 0.6 is 0 Å². The second-order valence-electron chi connectivity index (χ2n) is 3.91. The molecule has 2 nitrogen and oxygen atoms in total. The van der Waals surface area contributed by atoms with Gasteiger partial charge >= 0.3 is 0 Å². The molecule has 13 heavy (non-hydrogen) atoms. The lowest BCUT2D eigenvalue weighted by molar-refractivity contribution is 0.344. The van der Waals surface area contributed by atoms with Crippen LogP contribution in [0.3, 0.4) is 0 Å². The molecule has 2 heteroatoms. The fraction of sp³-hybridized carbons (Fsp3) is 0.818. The maximum absolute atomic E-state index is 5.63. The quantitative estimate of drug-likeness (QED) is 0.685. The van der Waals surface area contributed by atoms with Gasteiger partial charge in [-0.25, -0.2) is 0 Å². The summed E-state index contributed by atoms with van der Waals surface area (Å²) in [5.41, 5.74) is 6.89. The first-order chi connectivity index (χ1) is 6.31. The molecule has 1 aliphatic rings. The third kappa shape index (κ3) is 2.64. The van der Waals surface area contributed by atoms with Crippen molar-refractivity contribution in [3.05, 3.63) is 11.9 Å². The lowest BCUT2D eigenvalue weighted by Crippen LogP contribution is -2.37. The van der Waals surface area contributed by atoms with Crippen molar-refractivity contribution in [2.24, 2.45) is 11.7 Å².